The summed E-state index contributed by atoms with van der Waals surface area (Å²) in [6.45, 7) is 7.46. The van der Waals surface area contributed by atoms with Crippen molar-refractivity contribution in [1.29, 1.82) is 0 Å². The number of hydrogen-bond acceptors (Lipinski definition) is 4. The van der Waals surface area contributed by atoms with E-state index in [1.807, 2.05) is 0 Å². The minimum absolute atomic E-state index is 0.0448. The molecule has 0 radical (unpaired) electrons. The molecule has 0 heterocycles. The number of Topliss-reactive ketones (excluding diaryl/α,β-unsaturated/α-hetero) is 1. The number of carbonyl (C=O) groups is 2. The summed E-state index contributed by atoms with van der Waals surface area (Å²) in [7, 11) is -1.12. The Morgan fingerprint density at radius 1 is 1.00 bits per heavy atom. The van der Waals surface area contributed by atoms with E-state index >= 15 is 0 Å². The number of benzene rings is 2. The first kappa shape index (κ1) is 26.1. The van der Waals surface area contributed by atoms with Crippen LogP contribution in [0, 0.1) is 11.8 Å². The Hall–Kier alpha value is -2.50. The predicted octanol–water partition coefficient (Wildman–Crippen LogP) is 5.06. The molecular weight excluding hydrogens is 440 g/mol. The molecule has 0 unspecified atom stereocenters. The molecule has 0 N–H and O–H groups in total. The lowest BCUT2D eigenvalue weighted by Gasteiger charge is -2.43. The van der Waals surface area contributed by atoms with Crippen LogP contribution in [0.3, 0.4) is 0 Å². The van der Waals surface area contributed by atoms with Crippen LogP contribution in [0.4, 0.5) is 0 Å². The fourth-order valence-electron chi connectivity index (χ4n) is 5.25. The summed E-state index contributed by atoms with van der Waals surface area (Å²) < 4.78 is 11.7. The fraction of sp³-hybridized carbons (Fsp3) is 0.448. The lowest BCUT2D eigenvalue weighted by atomic mass is 9.89. The van der Waals surface area contributed by atoms with Crippen LogP contribution in [-0.2, 0) is 18.8 Å². The number of methoxy groups -OCH3 is 1. The zero-order valence-electron chi connectivity index (χ0n) is 21.0. The Labute approximate surface area is 205 Å². The minimum Gasteiger partial charge on any atom is -0.469 e. The Morgan fingerprint density at radius 3 is 2.12 bits per heavy atom. The zero-order chi connectivity index (χ0) is 24.6. The van der Waals surface area contributed by atoms with Crippen molar-refractivity contribution in [2.45, 2.75) is 57.9 Å². The summed E-state index contributed by atoms with van der Waals surface area (Å²) in [5, 5.41) is 2.51. The van der Waals surface area contributed by atoms with Gasteiger partial charge in [0, 0.05) is 25.4 Å². The molecule has 2 atom stereocenters. The first-order valence-corrected chi connectivity index (χ1v) is 14.2. The van der Waals surface area contributed by atoms with Crippen LogP contribution in [0.15, 0.2) is 72.8 Å². The maximum absolute atomic E-state index is 12.3. The minimum atomic E-state index is -2.52. The Kier molecular flexibility index (Phi) is 9.03. The molecule has 3 rings (SSSR count). The highest BCUT2D eigenvalue weighted by molar-refractivity contribution is 6.99. The maximum Gasteiger partial charge on any atom is 0.305 e. The first-order chi connectivity index (χ1) is 16.3. The van der Waals surface area contributed by atoms with E-state index in [2.05, 4.69) is 93.6 Å². The van der Waals surface area contributed by atoms with Gasteiger partial charge in [-0.05, 0) is 40.6 Å². The first-order valence-electron chi connectivity index (χ1n) is 12.3. The number of rotatable bonds is 10. The lowest BCUT2D eigenvalue weighted by molar-refractivity contribution is -0.142. The van der Waals surface area contributed by atoms with Gasteiger partial charge in [-0.25, -0.2) is 0 Å². The summed E-state index contributed by atoms with van der Waals surface area (Å²) in [6.07, 6.45) is 7.36. The summed E-state index contributed by atoms with van der Waals surface area (Å²) in [6, 6.07) is 21.3. The molecule has 0 bridgehead atoms. The molecule has 0 saturated heterocycles. The molecule has 0 aliphatic heterocycles. The van der Waals surface area contributed by atoms with E-state index in [4.69, 9.17) is 9.16 Å². The number of ether oxygens (including phenoxy) is 1. The topological polar surface area (TPSA) is 52.6 Å². The van der Waals surface area contributed by atoms with Crippen LogP contribution >= 0.6 is 0 Å². The highest BCUT2D eigenvalue weighted by Gasteiger charge is 2.49. The molecule has 182 valence electrons. The average molecular weight is 479 g/mol. The standard InChI is InChI=1S/C29H38O4Si/c1-29(2,3)34(24-14-8-5-9-15-24,25-16-10-6-11-17-25)33-21-13-7-12-18-26-23(19-20-27(26)30)22-28(31)32-4/h5-12,14-17,23,26H,13,18-22H2,1-4H3/b12-7-/t23-,26+/m0/s1. The monoisotopic (exact) mass is 478 g/mol. The van der Waals surface area contributed by atoms with Crippen LogP contribution in [0.2, 0.25) is 5.04 Å². The molecule has 1 saturated carbocycles. The van der Waals surface area contributed by atoms with Crippen molar-refractivity contribution in [1.82, 2.24) is 0 Å². The van der Waals surface area contributed by atoms with Gasteiger partial charge in [0.1, 0.15) is 5.78 Å². The molecule has 34 heavy (non-hydrogen) atoms. The van der Waals surface area contributed by atoms with Crippen LogP contribution in [0.5, 0.6) is 0 Å². The smallest absolute Gasteiger partial charge is 0.305 e. The van der Waals surface area contributed by atoms with Gasteiger partial charge < -0.3 is 9.16 Å². The van der Waals surface area contributed by atoms with E-state index in [1.54, 1.807) is 0 Å². The van der Waals surface area contributed by atoms with Gasteiger partial charge >= 0.3 is 5.97 Å². The molecule has 2 aromatic rings. The van der Waals surface area contributed by atoms with Crippen molar-refractivity contribution < 1.29 is 18.8 Å². The fourth-order valence-corrected chi connectivity index (χ4v) is 9.82. The third-order valence-corrected chi connectivity index (χ3v) is 12.0. The molecule has 5 heteroatoms. The molecule has 1 aliphatic carbocycles. The van der Waals surface area contributed by atoms with E-state index in [-0.39, 0.29) is 28.6 Å². The van der Waals surface area contributed by atoms with Gasteiger partial charge in [0.25, 0.3) is 8.32 Å². The second kappa shape index (κ2) is 11.8. The van der Waals surface area contributed by atoms with Crippen LogP contribution in [0.25, 0.3) is 0 Å². The number of carbonyl (C=O) groups excluding carboxylic acids is 2. The third kappa shape index (κ3) is 5.94. The number of allylic oxidation sites excluding steroid dienone is 1. The van der Waals surface area contributed by atoms with Gasteiger partial charge in [-0.2, -0.15) is 0 Å². The molecule has 2 aromatic carbocycles. The molecule has 0 aromatic heterocycles. The Morgan fingerprint density at radius 2 is 1.59 bits per heavy atom. The summed E-state index contributed by atoms with van der Waals surface area (Å²) >= 11 is 0. The van der Waals surface area contributed by atoms with Crippen molar-refractivity contribution >= 4 is 30.4 Å². The third-order valence-electron chi connectivity index (χ3n) is 6.98. The van der Waals surface area contributed by atoms with Gasteiger partial charge in [-0.3, -0.25) is 9.59 Å². The van der Waals surface area contributed by atoms with Crippen molar-refractivity contribution in [2.75, 3.05) is 13.7 Å². The predicted molar refractivity (Wildman–Crippen MR) is 140 cm³/mol. The lowest BCUT2D eigenvalue weighted by Crippen LogP contribution is -2.66. The van der Waals surface area contributed by atoms with E-state index in [0.29, 0.717) is 25.9 Å². The van der Waals surface area contributed by atoms with Gasteiger partial charge in [-0.15, -0.1) is 0 Å². The van der Waals surface area contributed by atoms with Gasteiger partial charge in [0.15, 0.2) is 0 Å². The van der Waals surface area contributed by atoms with Crippen LogP contribution < -0.4 is 10.4 Å². The molecule has 1 aliphatic rings. The summed E-state index contributed by atoms with van der Waals surface area (Å²) in [4.78, 5) is 24.0. The Bertz CT molecular complexity index is 923. The number of hydrogen-bond donors (Lipinski definition) is 0. The largest absolute Gasteiger partial charge is 0.469 e. The van der Waals surface area contributed by atoms with Crippen molar-refractivity contribution in [2.24, 2.45) is 11.8 Å². The molecule has 0 amide bonds. The highest BCUT2D eigenvalue weighted by Crippen LogP contribution is 2.37. The molecule has 4 nitrogen and oxygen atoms in total. The van der Waals surface area contributed by atoms with Gasteiger partial charge in [0.05, 0.1) is 7.11 Å². The maximum atomic E-state index is 12.3. The number of ketones is 1. The SMILES string of the molecule is COC(=O)C[C@@H]1CCC(=O)[C@@H]1C/C=C\CCO[Si](c1ccccc1)(c1ccccc1)C(C)(C)C. The van der Waals surface area contributed by atoms with E-state index in [0.717, 1.165) is 12.8 Å². The number of esters is 1. The Balaban J connectivity index is 1.69. The second-order valence-electron chi connectivity index (χ2n) is 10.2. The van der Waals surface area contributed by atoms with Crippen molar-refractivity contribution in [3.8, 4) is 0 Å². The van der Waals surface area contributed by atoms with E-state index in [1.165, 1.54) is 17.5 Å². The quantitative estimate of drug-likeness (QED) is 0.207. The van der Waals surface area contributed by atoms with Crippen LogP contribution in [0.1, 0.15) is 52.9 Å². The summed E-state index contributed by atoms with van der Waals surface area (Å²) in [5.41, 5.74) is 0. The molecule has 1 fully saturated rings. The second-order valence-corrected chi connectivity index (χ2v) is 14.5. The average Bonchev–Trinajstić information content (AvgIpc) is 3.17. The van der Waals surface area contributed by atoms with Gasteiger partial charge in [0.2, 0.25) is 0 Å². The summed E-state index contributed by atoms with van der Waals surface area (Å²) in [5.74, 6) is 0.0559. The highest BCUT2D eigenvalue weighted by atomic mass is 28.4. The van der Waals surface area contributed by atoms with E-state index < -0.39 is 8.32 Å². The van der Waals surface area contributed by atoms with Crippen molar-refractivity contribution in [3.63, 3.8) is 0 Å². The molecular formula is C29H38O4Si. The normalized spacial score (nSPS) is 19.0. The van der Waals surface area contributed by atoms with Crippen molar-refractivity contribution in [3.05, 3.63) is 72.8 Å². The van der Waals surface area contributed by atoms with Gasteiger partial charge in [-0.1, -0.05) is 93.6 Å². The zero-order valence-corrected chi connectivity index (χ0v) is 22.0. The van der Waals surface area contributed by atoms with Crippen LogP contribution in [-0.4, -0.2) is 33.8 Å². The van der Waals surface area contributed by atoms with E-state index in [9.17, 15) is 9.59 Å². The molecule has 0 spiro atoms.